The van der Waals surface area contributed by atoms with Crippen molar-refractivity contribution in [3.8, 4) is 5.75 Å². The van der Waals surface area contributed by atoms with Gasteiger partial charge in [0.05, 0.1) is 12.1 Å². The van der Waals surface area contributed by atoms with Crippen LogP contribution >= 0.6 is 0 Å². The number of hydrazine groups is 1. The molecule has 5 atom stereocenters. The topological polar surface area (TPSA) is 77.2 Å². The van der Waals surface area contributed by atoms with Crippen molar-refractivity contribution in [3.05, 3.63) is 30.1 Å². The lowest BCUT2D eigenvalue weighted by Crippen LogP contribution is -2.67. The van der Waals surface area contributed by atoms with Crippen LogP contribution in [0.5, 0.6) is 5.75 Å². The Bertz CT molecular complexity index is 909. The molecule has 2 amide bonds. The summed E-state index contributed by atoms with van der Waals surface area (Å²) in [5.74, 6) is 1.05. The normalized spacial score (nSPS) is 32.4. The Hall–Kier alpha value is -2.23. The summed E-state index contributed by atoms with van der Waals surface area (Å²) in [6.07, 6.45) is 4.75. The first-order valence-electron chi connectivity index (χ1n) is 13.1. The molecule has 2 N–H and O–H groups in total. The van der Waals surface area contributed by atoms with Crippen LogP contribution in [0, 0.1) is 17.7 Å². The fourth-order valence-electron chi connectivity index (χ4n) is 6.83. The van der Waals surface area contributed by atoms with Gasteiger partial charge >= 0.3 is 6.09 Å². The molecule has 3 aliphatic heterocycles. The highest BCUT2D eigenvalue weighted by atomic mass is 19.1. The molecule has 3 saturated heterocycles. The zero-order chi connectivity index (χ0) is 24.5. The Morgan fingerprint density at radius 2 is 1.74 bits per heavy atom. The van der Waals surface area contributed by atoms with Gasteiger partial charge in [-0.15, -0.1) is 0 Å². The van der Waals surface area contributed by atoms with E-state index >= 15 is 0 Å². The monoisotopic (exact) mass is 487 g/mol. The van der Waals surface area contributed by atoms with Gasteiger partial charge in [0.2, 0.25) is 5.91 Å². The number of fused-ring (bicyclic) bond motifs is 1. The first-order chi connectivity index (χ1) is 16.9. The summed E-state index contributed by atoms with van der Waals surface area (Å²) in [4.78, 5) is 29.7. The lowest BCUT2D eigenvalue weighted by Gasteiger charge is -2.54. The second-order valence-electron chi connectivity index (χ2n) is 10.7. The minimum atomic E-state index is -0.414. The number of piperazine rings is 1. The van der Waals surface area contributed by atoms with Gasteiger partial charge in [0, 0.05) is 38.6 Å². The van der Waals surface area contributed by atoms with Gasteiger partial charge in [-0.25, -0.2) is 14.2 Å². The first-order valence-corrected chi connectivity index (χ1v) is 13.1. The number of hydrogen-bond donors (Lipinski definition) is 2. The van der Waals surface area contributed by atoms with E-state index in [1.807, 2.05) is 16.7 Å². The highest BCUT2D eigenvalue weighted by Gasteiger charge is 2.48. The maximum atomic E-state index is 13.3. The number of ether oxygens (including phenoxy) is 1. The number of carbonyl (C=O) groups excluding carboxylic acids is 2. The quantitative estimate of drug-likeness (QED) is 0.683. The molecule has 8 nitrogen and oxygen atoms in total. The minimum absolute atomic E-state index is 0.00292. The molecule has 9 heteroatoms. The SMILES string of the molecule is CC(=O)N1C2CCC(C3CNN(C4CCNCC4)C3)CC2N(C(=O)Oc2ccc(F)cc2)C[C@@H]1C. The summed E-state index contributed by atoms with van der Waals surface area (Å²) >= 11 is 0. The number of carbonyl (C=O) groups is 2. The van der Waals surface area contributed by atoms with E-state index in [4.69, 9.17) is 4.74 Å². The van der Waals surface area contributed by atoms with Gasteiger partial charge in [-0.2, -0.15) is 0 Å². The third kappa shape index (κ3) is 5.17. The molecule has 4 aliphatic rings. The highest BCUT2D eigenvalue weighted by Crippen LogP contribution is 2.40. The van der Waals surface area contributed by atoms with Gasteiger partial charge in [-0.1, -0.05) is 0 Å². The minimum Gasteiger partial charge on any atom is -0.410 e. The maximum Gasteiger partial charge on any atom is 0.415 e. The summed E-state index contributed by atoms with van der Waals surface area (Å²) < 4.78 is 19.0. The van der Waals surface area contributed by atoms with Crippen LogP contribution in [0.3, 0.4) is 0 Å². The lowest BCUT2D eigenvalue weighted by molar-refractivity contribution is -0.142. The van der Waals surface area contributed by atoms with Crippen molar-refractivity contribution in [2.75, 3.05) is 32.7 Å². The van der Waals surface area contributed by atoms with Crippen molar-refractivity contribution >= 4 is 12.0 Å². The summed E-state index contributed by atoms with van der Waals surface area (Å²) in [5, 5.41) is 5.89. The Morgan fingerprint density at radius 1 is 1.00 bits per heavy atom. The Kier molecular flexibility index (Phi) is 7.27. The number of halogens is 1. The fraction of sp³-hybridized carbons (Fsp3) is 0.692. The maximum absolute atomic E-state index is 13.3. The first kappa shape index (κ1) is 24.5. The molecular weight excluding hydrogens is 449 g/mol. The molecule has 4 fully saturated rings. The van der Waals surface area contributed by atoms with E-state index in [9.17, 15) is 14.0 Å². The van der Waals surface area contributed by atoms with Crippen LogP contribution in [-0.4, -0.2) is 83.7 Å². The number of benzene rings is 1. The smallest absolute Gasteiger partial charge is 0.410 e. The van der Waals surface area contributed by atoms with Crippen LogP contribution in [0.1, 0.15) is 46.0 Å². The summed E-state index contributed by atoms with van der Waals surface area (Å²) in [7, 11) is 0. The van der Waals surface area contributed by atoms with Crippen LogP contribution in [-0.2, 0) is 4.79 Å². The average molecular weight is 488 g/mol. The van der Waals surface area contributed by atoms with E-state index in [1.165, 1.54) is 37.1 Å². The Labute approximate surface area is 207 Å². The van der Waals surface area contributed by atoms with E-state index in [0.717, 1.165) is 45.4 Å². The van der Waals surface area contributed by atoms with Gasteiger partial charge in [-0.3, -0.25) is 10.2 Å². The summed E-state index contributed by atoms with van der Waals surface area (Å²) in [5.41, 5.74) is 3.66. The number of rotatable bonds is 3. The standard InChI is InChI=1S/C26H38FN5O3/c1-17-15-30(26(34)35-23-6-4-21(27)5-7-23)25-13-19(3-8-24(25)32(17)18(2)33)20-14-29-31(16-20)22-9-11-28-12-10-22/h4-7,17,19-20,22,24-25,28-29H,3,8-16H2,1-2H3/t17-,19?,20?,24?,25?/m0/s1. The molecule has 192 valence electrons. The zero-order valence-corrected chi connectivity index (χ0v) is 20.8. The zero-order valence-electron chi connectivity index (χ0n) is 20.8. The van der Waals surface area contributed by atoms with Crippen LogP contribution in [0.4, 0.5) is 9.18 Å². The number of nitrogens with one attached hydrogen (secondary N) is 2. The lowest BCUT2D eigenvalue weighted by atomic mass is 9.73. The molecule has 1 aliphatic carbocycles. The van der Waals surface area contributed by atoms with E-state index < -0.39 is 6.09 Å². The van der Waals surface area contributed by atoms with E-state index in [-0.39, 0.29) is 29.8 Å². The summed E-state index contributed by atoms with van der Waals surface area (Å²) in [6.45, 7) is 8.23. The number of hydrogen-bond acceptors (Lipinski definition) is 6. The predicted octanol–water partition coefficient (Wildman–Crippen LogP) is 2.60. The van der Waals surface area contributed by atoms with Crippen molar-refractivity contribution in [1.82, 2.24) is 25.6 Å². The molecule has 1 aromatic carbocycles. The molecule has 0 aromatic heterocycles. The van der Waals surface area contributed by atoms with Gasteiger partial charge in [0.15, 0.2) is 0 Å². The van der Waals surface area contributed by atoms with Crippen LogP contribution in [0.15, 0.2) is 24.3 Å². The second kappa shape index (κ2) is 10.4. The van der Waals surface area contributed by atoms with E-state index in [1.54, 1.807) is 6.92 Å². The fourth-order valence-corrected chi connectivity index (χ4v) is 6.83. The number of piperidine rings is 1. The van der Waals surface area contributed by atoms with Gasteiger partial charge in [0.1, 0.15) is 11.6 Å². The number of amides is 2. The van der Waals surface area contributed by atoms with Gasteiger partial charge in [0.25, 0.3) is 0 Å². The average Bonchev–Trinajstić information content (AvgIpc) is 3.35. The largest absolute Gasteiger partial charge is 0.415 e. The molecular formula is C26H38FN5O3. The van der Waals surface area contributed by atoms with Crippen LogP contribution in [0.2, 0.25) is 0 Å². The summed E-state index contributed by atoms with van der Waals surface area (Å²) in [6, 6.07) is 5.97. The molecule has 4 unspecified atom stereocenters. The van der Waals surface area contributed by atoms with Gasteiger partial charge < -0.3 is 19.9 Å². The second-order valence-corrected chi connectivity index (χ2v) is 10.7. The van der Waals surface area contributed by atoms with Crippen molar-refractivity contribution in [2.24, 2.45) is 11.8 Å². The third-order valence-corrected chi connectivity index (χ3v) is 8.54. The molecule has 35 heavy (non-hydrogen) atoms. The van der Waals surface area contributed by atoms with Crippen molar-refractivity contribution < 1.29 is 18.7 Å². The molecule has 0 radical (unpaired) electrons. The van der Waals surface area contributed by atoms with Gasteiger partial charge in [-0.05, 0) is 88.2 Å². The molecule has 0 spiro atoms. The molecule has 5 rings (SSSR count). The van der Waals surface area contributed by atoms with Crippen LogP contribution < -0.4 is 15.5 Å². The van der Waals surface area contributed by atoms with Crippen molar-refractivity contribution in [3.63, 3.8) is 0 Å². The molecule has 0 bridgehead atoms. The number of nitrogens with zero attached hydrogens (tertiary/aromatic N) is 3. The van der Waals surface area contributed by atoms with Crippen molar-refractivity contribution in [1.29, 1.82) is 0 Å². The molecule has 3 heterocycles. The van der Waals surface area contributed by atoms with E-state index in [2.05, 4.69) is 15.8 Å². The van der Waals surface area contributed by atoms with E-state index in [0.29, 0.717) is 30.2 Å². The Balaban J connectivity index is 1.30. The third-order valence-electron chi connectivity index (χ3n) is 8.54. The molecule has 1 saturated carbocycles. The predicted molar refractivity (Wildman–Crippen MR) is 130 cm³/mol. The highest BCUT2D eigenvalue weighted by molar-refractivity contribution is 5.76. The van der Waals surface area contributed by atoms with Crippen molar-refractivity contribution in [2.45, 2.75) is 70.1 Å². The molecule has 1 aromatic rings. The van der Waals surface area contributed by atoms with Crippen LogP contribution in [0.25, 0.3) is 0 Å². The Morgan fingerprint density at radius 3 is 2.46 bits per heavy atom.